The van der Waals surface area contributed by atoms with Gasteiger partial charge in [0.15, 0.2) is 0 Å². The van der Waals surface area contributed by atoms with Crippen LogP contribution in [0.1, 0.15) is 16.7 Å². The highest BCUT2D eigenvalue weighted by Gasteiger charge is 2.37. The monoisotopic (exact) mass is 494 g/mol. The standard InChI is InChI=1S/C17H8F6N4O3S2/c18-16(19,20)10-4-11(17(21,22)23)6-12(5-10)30-14-2-1-13(3-9(14)7-24)32(28,29)27-15-26-25-8-31-15/h1-6,8H,(H,26,27). The fourth-order valence-corrected chi connectivity index (χ4v) is 4.08. The summed E-state index contributed by atoms with van der Waals surface area (Å²) in [7, 11) is -4.20. The van der Waals surface area contributed by atoms with Crippen molar-refractivity contribution in [1.82, 2.24) is 10.2 Å². The first kappa shape index (κ1) is 23.3. The number of benzene rings is 2. The van der Waals surface area contributed by atoms with Crippen molar-refractivity contribution in [3.05, 3.63) is 58.6 Å². The van der Waals surface area contributed by atoms with Crippen molar-refractivity contribution in [1.29, 1.82) is 5.26 Å². The lowest BCUT2D eigenvalue weighted by atomic mass is 10.1. The molecule has 0 atom stereocenters. The molecule has 0 aliphatic carbocycles. The number of halogens is 6. The van der Waals surface area contributed by atoms with Gasteiger partial charge in [-0.25, -0.2) is 8.42 Å². The zero-order valence-electron chi connectivity index (χ0n) is 15.2. The summed E-state index contributed by atoms with van der Waals surface area (Å²) in [6.45, 7) is 0. The number of hydrogen-bond acceptors (Lipinski definition) is 7. The van der Waals surface area contributed by atoms with Crippen molar-refractivity contribution in [2.24, 2.45) is 0 Å². The molecule has 2 aromatic carbocycles. The van der Waals surface area contributed by atoms with E-state index in [4.69, 9.17) is 4.74 Å². The molecule has 1 N–H and O–H groups in total. The molecule has 0 saturated heterocycles. The normalized spacial score (nSPS) is 12.3. The summed E-state index contributed by atoms with van der Waals surface area (Å²) in [6.07, 6.45) is -10.2. The molecule has 0 bridgehead atoms. The van der Waals surface area contributed by atoms with Crippen LogP contribution in [0.4, 0.5) is 31.5 Å². The van der Waals surface area contributed by atoms with Crippen LogP contribution in [-0.4, -0.2) is 18.6 Å². The van der Waals surface area contributed by atoms with Gasteiger partial charge in [-0.15, -0.1) is 10.2 Å². The van der Waals surface area contributed by atoms with Gasteiger partial charge in [0.2, 0.25) is 5.13 Å². The Morgan fingerprint density at radius 3 is 2.12 bits per heavy atom. The molecule has 3 aromatic rings. The molecule has 0 amide bonds. The molecular weight excluding hydrogens is 486 g/mol. The zero-order chi connectivity index (χ0) is 23.7. The fourth-order valence-electron chi connectivity index (χ4n) is 2.36. The van der Waals surface area contributed by atoms with Gasteiger partial charge < -0.3 is 4.74 Å². The molecule has 0 radical (unpaired) electrons. The van der Waals surface area contributed by atoms with Gasteiger partial charge in [0.25, 0.3) is 10.0 Å². The molecule has 7 nitrogen and oxygen atoms in total. The minimum absolute atomic E-state index is 0.0625. The van der Waals surface area contributed by atoms with Crippen molar-refractivity contribution < 1.29 is 39.5 Å². The van der Waals surface area contributed by atoms with Crippen molar-refractivity contribution >= 4 is 26.5 Å². The van der Waals surface area contributed by atoms with Crippen LogP contribution in [0.3, 0.4) is 0 Å². The predicted molar refractivity (Wildman–Crippen MR) is 98.4 cm³/mol. The van der Waals surface area contributed by atoms with Crippen LogP contribution in [-0.2, 0) is 22.4 Å². The predicted octanol–water partition coefficient (Wildman–Crippen LogP) is 5.04. The third kappa shape index (κ3) is 5.26. The molecular formula is C17H8F6N4O3S2. The van der Waals surface area contributed by atoms with E-state index in [0.717, 1.165) is 29.5 Å². The first-order chi connectivity index (χ1) is 14.8. The Morgan fingerprint density at radius 2 is 1.62 bits per heavy atom. The number of ether oxygens (including phenoxy) is 1. The molecule has 0 saturated carbocycles. The van der Waals surface area contributed by atoms with Crippen molar-refractivity contribution in [3.63, 3.8) is 0 Å². The number of aromatic nitrogens is 2. The van der Waals surface area contributed by atoms with Gasteiger partial charge in [-0.05, 0) is 36.4 Å². The lowest BCUT2D eigenvalue weighted by Crippen LogP contribution is -2.13. The van der Waals surface area contributed by atoms with Crippen molar-refractivity contribution in [2.75, 3.05) is 4.72 Å². The molecule has 0 spiro atoms. The van der Waals surface area contributed by atoms with Crippen molar-refractivity contribution in [3.8, 4) is 17.6 Å². The minimum Gasteiger partial charge on any atom is -0.456 e. The van der Waals surface area contributed by atoms with E-state index >= 15 is 0 Å². The van der Waals surface area contributed by atoms with E-state index in [2.05, 4.69) is 14.9 Å². The molecule has 1 aromatic heterocycles. The smallest absolute Gasteiger partial charge is 0.416 e. The summed E-state index contributed by atoms with van der Waals surface area (Å²) in [6, 6.07) is 4.91. The first-order valence-electron chi connectivity index (χ1n) is 8.10. The Labute approximate surface area is 179 Å². The minimum atomic E-state index is -5.09. The maximum Gasteiger partial charge on any atom is 0.416 e. The summed E-state index contributed by atoms with van der Waals surface area (Å²) in [5.74, 6) is -1.29. The Morgan fingerprint density at radius 1 is 1.00 bits per heavy atom. The van der Waals surface area contributed by atoms with Crippen LogP contribution < -0.4 is 9.46 Å². The quantitative estimate of drug-likeness (QED) is 0.499. The van der Waals surface area contributed by atoms with Crippen LogP contribution in [0, 0.1) is 11.3 Å². The second-order valence-corrected chi connectivity index (χ2v) is 8.48. The van der Waals surface area contributed by atoms with Gasteiger partial charge >= 0.3 is 12.4 Å². The number of anilines is 1. The second kappa shape index (κ2) is 8.28. The van der Waals surface area contributed by atoms with Crippen LogP contribution >= 0.6 is 11.3 Å². The fraction of sp³-hybridized carbons (Fsp3) is 0.118. The second-order valence-electron chi connectivity index (χ2n) is 5.96. The molecule has 15 heteroatoms. The summed E-state index contributed by atoms with van der Waals surface area (Å²) in [5, 5.41) is 16.2. The highest BCUT2D eigenvalue weighted by atomic mass is 32.2. The Balaban J connectivity index is 1.99. The van der Waals surface area contributed by atoms with Crippen LogP contribution in [0.2, 0.25) is 0 Å². The lowest BCUT2D eigenvalue weighted by molar-refractivity contribution is -0.143. The van der Waals surface area contributed by atoms with E-state index in [1.165, 1.54) is 5.51 Å². The molecule has 0 aliphatic heterocycles. The molecule has 168 valence electrons. The number of nitrogens with one attached hydrogen (secondary N) is 1. The number of sulfonamides is 1. The summed E-state index contributed by atoms with van der Waals surface area (Å²) in [5.41, 5.74) is -2.40. The molecule has 0 unspecified atom stereocenters. The third-order valence-electron chi connectivity index (χ3n) is 3.75. The topological polar surface area (TPSA) is 105 Å². The number of nitrogens with zero attached hydrogens (tertiary/aromatic N) is 3. The number of nitriles is 1. The maximum absolute atomic E-state index is 13.0. The number of rotatable bonds is 5. The van der Waals surface area contributed by atoms with Crippen LogP contribution in [0.5, 0.6) is 11.5 Å². The van der Waals surface area contributed by atoms with E-state index in [9.17, 15) is 40.0 Å². The van der Waals surface area contributed by atoms with Crippen molar-refractivity contribution in [2.45, 2.75) is 17.2 Å². The first-order valence-corrected chi connectivity index (χ1v) is 10.5. The van der Waals surface area contributed by atoms with E-state index in [0.29, 0.717) is 12.1 Å². The largest absolute Gasteiger partial charge is 0.456 e. The van der Waals surface area contributed by atoms with E-state index in [1.807, 2.05) is 0 Å². The molecule has 0 fully saturated rings. The lowest BCUT2D eigenvalue weighted by Gasteiger charge is -2.15. The average Bonchev–Trinajstić information content (AvgIpc) is 3.19. The summed E-state index contributed by atoms with van der Waals surface area (Å²) >= 11 is 0.880. The molecule has 32 heavy (non-hydrogen) atoms. The van der Waals surface area contributed by atoms with Gasteiger partial charge in [0.1, 0.15) is 23.1 Å². The van der Waals surface area contributed by atoms with E-state index in [-0.39, 0.29) is 11.2 Å². The van der Waals surface area contributed by atoms with Gasteiger partial charge in [0, 0.05) is 0 Å². The average molecular weight is 494 g/mol. The molecule has 3 rings (SSSR count). The highest BCUT2D eigenvalue weighted by molar-refractivity contribution is 7.93. The SMILES string of the molecule is N#Cc1cc(S(=O)(=O)Nc2nncs2)ccc1Oc1cc(C(F)(F)F)cc(C(F)(F)F)c1. The van der Waals surface area contributed by atoms with E-state index in [1.54, 1.807) is 6.07 Å². The van der Waals surface area contributed by atoms with Gasteiger partial charge in [-0.3, -0.25) is 4.72 Å². The number of alkyl halides is 6. The summed E-state index contributed by atoms with van der Waals surface area (Å²) in [4.78, 5) is -0.420. The van der Waals surface area contributed by atoms with Crippen LogP contribution in [0.15, 0.2) is 46.8 Å². The third-order valence-corrected chi connectivity index (χ3v) is 5.82. The Kier molecular flexibility index (Phi) is 6.03. The zero-order valence-corrected chi connectivity index (χ0v) is 16.8. The molecule has 0 aliphatic rings. The number of hydrogen-bond donors (Lipinski definition) is 1. The Bertz CT molecular complexity index is 1250. The maximum atomic E-state index is 13.0. The van der Waals surface area contributed by atoms with Crippen LogP contribution in [0.25, 0.3) is 0 Å². The van der Waals surface area contributed by atoms with Gasteiger partial charge in [0.05, 0.1) is 21.6 Å². The van der Waals surface area contributed by atoms with E-state index < -0.39 is 55.5 Å². The van der Waals surface area contributed by atoms with Gasteiger partial charge in [-0.2, -0.15) is 31.6 Å². The van der Waals surface area contributed by atoms with Gasteiger partial charge in [-0.1, -0.05) is 11.3 Å². The highest BCUT2D eigenvalue weighted by Crippen LogP contribution is 2.39. The summed E-state index contributed by atoms with van der Waals surface area (Å²) < 4.78 is 110. The Hall–Kier alpha value is -3.38. The molecule has 1 heterocycles.